The summed E-state index contributed by atoms with van der Waals surface area (Å²) in [5.41, 5.74) is 2.15. The van der Waals surface area contributed by atoms with Crippen LogP contribution in [0.3, 0.4) is 0 Å². The van der Waals surface area contributed by atoms with Crippen LogP contribution in [0.25, 0.3) is 0 Å². The summed E-state index contributed by atoms with van der Waals surface area (Å²) in [7, 11) is 1.66. The summed E-state index contributed by atoms with van der Waals surface area (Å²) in [4.78, 5) is 0. The quantitative estimate of drug-likeness (QED) is 0.737. The van der Waals surface area contributed by atoms with Crippen LogP contribution in [-0.2, 0) is 6.42 Å². The minimum atomic E-state index is -0.227. The minimum Gasteiger partial charge on any atom is -0.496 e. The molecule has 0 radical (unpaired) electrons. The first kappa shape index (κ1) is 13.9. The minimum absolute atomic E-state index is 0.151. The van der Waals surface area contributed by atoms with Gasteiger partial charge in [0, 0.05) is 11.8 Å². The predicted octanol–water partition coefficient (Wildman–Crippen LogP) is 4.40. The van der Waals surface area contributed by atoms with E-state index in [2.05, 4.69) is 0 Å². The van der Waals surface area contributed by atoms with E-state index in [1.165, 1.54) is 12.1 Å². The molecule has 1 nitrogen and oxygen atoms in total. The van der Waals surface area contributed by atoms with Gasteiger partial charge in [0.15, 0.2) is 0 Å². The van der Waals surface area contributed by atoms with Crippen molar-refractivity contribution in [3.63, 3.8) is 0 Å². The summed E-state index contributed by atoms with van der Waals surface area (Å²) < 4.78 is 18.3. The van der Waals surface area contributed by atoms with Crippen LogP contribution in [0.1, 0.15) is 17.0 Å². The number of hydrogen-bond acceptors (Lipinski definition) is 1. The van der Waals surface area contributed by atoms with Crippen molar-refractivity contribution in [2.24, 2.45) is 0 Å². The Labute approximate surface area is 118 Å². The van der Waals surface area contributed by atoms with Crippen molar-refractivity contribution >= 4 is 11.6 Å². The van der Waals surface area contributed by atoms with E-state index in [1.807, 2.05) is 24.3 Å². The Hall–Kier alpha value is -1.54. The SMILES string of the molecule is COc1ccccc1CC(CCl)c1ccc(F)cc1. The van der Waals surface area contributed by atoms with Gasteiger partial charge in [-0.15, -0.1) is 11.6 Å². The van der Waals surface area contributed by atoms with E-state index in [9.17, 15) is 4.39 Å². The number of rotatable bonds is 5. The van der Waals surface area contributed by atoms with E-state index in [-0.39, 0.29) is 11.7 Å². The summed E-state index contributed by atoms with van der Waals surface area (Å²) >= 11 is 6.05. The van der Waals surface area contributed by atoms with Crippen molar-refractivity contribution in [1.82, 2.24) is 0 Å². The maximum atomic E-state index is 12.9. The topological polar surface area (TPSA) is 9.23 Å². The lowest BCUT2D eigenvalue weighted by atomic mass is 9.93. The summed E-state index contributed by atoms with van der Waals surface area (Å²) in [5.74, 6) is 1.27. The van der Waals surface area contributed by atoms with E-state index in [4.69, 9.17) is 16.3 Å². The molecule has 2 aromatic rings. The molecule has 0 aromatic heterocycles. The van der Waals surface area contributed by atoms with E-state index in [1.54, 1.807) is 19.2 Å². The van der Waals surface area contributed by atoms with Gasteiger partial charge in [-0.2, -0.15) is 0 Å². The first-order valence-electron chi connectivity index (χ1n) is 6.18. The average Bonchev–Trinajstić information content (AvgIpc) is 2.46. The van der Waals surface area contributed by atoms with E-state index in [0.29, 0.717) is 5.88 Å². The number of alkyl halides is 1. The molecule has 0 fully saturated rings. The van der Waals surface area contributed by atoms with Crippen LogP contribution in [0.15, 0.2) is 48.5 Å². The van der Waals surface area contributed by atoms with Crippen LogP contribution >= 0.6 is 11.6 Å². The molecule has 0 aliphatic heterocycles. The molecule has 0 amide bonds. The van der Waals surface area contributed by atoms with Crippen molar-refractivity contribution in [1.29, 1.82) is 0 Å². The molecule has 100 valence electrons. The largest absolute Gasteiger partial charge is 0.496 e. The third-order valence-corrected chi connectivity index (χ3v) is 3.56. The monoisotopic (exact) mass is 278 g/mol. The van der Waals surface area contributed by atoms with Crippen molar-refractivity contribution < 1.29 is 9.13 Å². The molecule has 0 bridgehead atoms. The van der Waals surface area contributed by atoms with Crippen molar-refractivity contribution in [2.45, 2.75) is 12.3 Å². The Morgan fingerprint density at radius 3 is 2.42 bits per heavy atom. The van der Waals surface area contributed by atoms with Crippen molar-refractivity contribution in [3.05, 3.63) is 65.5 Å². The van der Waals surface area contributed by atoms with Gasteiger partial charge in [0.2, 0.25) is 0 Å². The van der Waals surface area contributed by atoms with Gasteiger partial charge in [-0.25, -0.2) is 4.39 Å². The Kier molecular flexibility index (Phi) is 4.80. The summed E-state index contributed by atoms with van der Waals surface area (Å²) in [5, 5.41) is 0. The Morgan fingerprint density at radius 2 is 1.79 bits per heavy atom. The highest BCUT2D eigenvalue weighted by Crippen LogP contribution is 2.27. The summed E-state index contributed by atoms with van der Waals surface area (Å²) in [6, 6.07) is 14.4. The zero-order valence-electron chi connectivity index (χ0n) is 10.8. The van der Waals surface area contributed by atoms with Crippen molar-refractivity contribution in [3.8, 4) is 5.75 Å². The molecule has 1 unspecified atom stereocenters. The lowest BCUT2D eigenvalue weighted by molar-refractivity contribution is 0.408. The molecule has 1 atom stereocenters. The molecule has 3 heteroatoms. The smallest absolute Gasteiger partial charge is 0.123 e. The fourth-order valence-corrected chi connectivity index (χ4v) is 2.42. The van der Waals surface area contributed by atoms with Gasteiger partial charge in [-0.3, -0.25) is 0 Å². The maximum absolute atomic E-state index is 12.9. The second-order valence-electron chi connectivity index (χ2n) is 4.42. The summed E-state index contributed by atoms with van der Waals surface area (Å²) in [6.45, 7) is 0. The number of ether oxygens (including phenoxy) is 1. The second kappa shape index (κ2) is 6.58. The van der Waals surface area contributed by atoms with Gasteiger partial charge >= 0.3 is 0 Å². The first-order chi connectivity index (χ1) is 9.24. The zero-order valence-corrected chi connectivity index (χ0v) is 11.5. The number of hydrogen-bond donors (Lipinski definition) is 0. The van der Waals surface area contributed by atoms with E-state index in [0.717, 1.165) is 23.3 Å². The third kappa shape index (κ3) is 3.48. The van der Waals surface area contributed by atoms with Gasteiger partial charge in [-0.1, -0.05) is 30.3 Å². The molecule has 0 heterocycles. The highest BCUT2D eigenvalue weighted by molar-refractivity contribution is 6.18. The molecule has 19 heavy (non-hydrogen) atoms. The fraction of sp³-hybridized carbons (Fsp3) is 0.250. The molecule has 0 aliphatic rings. The van der Waals surface area contributed by atoms with Gasteiger partial charge in [0.05, 0.1) is 7.11 Å². The van der Waals surface area contributed by atoms with E-state index >= 15 is 0 Å². The van der Waals surface area contributed by atoms with Crippen molar-refractivity contribution in [2.75, 3.05) is 13.0 Å². The molecule has 0 saturated heterocycles. The van der Waals surface area contributed by atoms with Gasteiger partial charge in [0.1, 0.15) is 11.6 Å². The van der Waals surface area contributed by atoms with Gasteiger partial charge < -0.3 is 4.74 Å². The van der Waals surface area contributed by atoms with Crippen LogP contribution in [0.5, 0.6) is 5.75 Å². The number of halogens is 2. The van der Waals surface area contributed by atoms with E-state index < -0.39 is 0 Å². The summed E-state index contributed by atoms with van der Waals surface area (Å²) in [6.07, 6.45) is 0.777. The van der Waals surface area contributed by atoms with Crippen LogP contribution < -0.4 is 4.74 Å². The molecule has 0 spiro atoms. The van der Waals surface area contributed by atoms with Gasteiger partial charge in [0.25, 0.3) is 0 Å². The standard InChI is InChI=1S/C16H16ClFO/c1-19-16-5-3-2-4-13(16)10-14(11-17)12-6-8-15(18)9-7-12/h2-9,14H,10-11H2,1H3. The molecule has 2 aromatic carbocycles. The number of para-hydroxylation sites is 1. The molecule has 0 N–H and O–H groups in total. The third-order valence-electron chi connectivity index (χ3n) is 3.19. The van der Waals surface area contributed by atoms with Crippen LogP contribution in [-0.4, -0.2) is 13.0 Å². The lowest BCUT2D eigenvalue weighted by Gasteiger charge is -2.16. The molecule has 0 saturated carbocycles. The molecule has 0 aliphatic carbocycles. The lowest BCUT2D eigenvalue weighted by Crippen LogP contribution is -2.06. The Bertz CT molecular complexity index is 525. The number of benzene rings is 2. The molecule has 2 rings (SSSR count). The highest BCUT2D eigenvalue weighted by atomic mass is 35.5. The van der Waals surface area contributed by atoms with Gasteiger partial charge in [-0.05, 0) is 35.7 Å². The molecular formula is C16H16ClFO. The Morgan fingerprint density at radius 1 is 1.11 bits per heavy atom. The second-order valence-corrected chi connectivity index (χ2v) is 4.73. The number of methoxy groups -OCH3 is 1. The predicted molar refractivity (Wildman–Crippen MR) is 76.6 cm³/mol. The Balaban J connectivity index is 2.21. The molecular weight excluding hydrogens is 263 g/mol. The zero-order chi connectivity index (χ0) is 13.7. The first-order valence-corrected chi connectivity index (χ1v) is 6.71. The fourth-order valence-electron chi connectivity index (χ4n) is 2.13. The highest BCUT2D eigenvalue weighted by Gasteiger charge is 2.13. The van der Waals surface area contributed by atoms with Crippen LogP contribution in [0.2, 0.25) is 0 Å². The maximum Gasteiger partial charge on any atom is 0.123 e. The average molecular weight is 279 g/mol. The van der Waals surface area contributed by atoms with Crippen LogP contribution in [0, 0.1) is 5.82 Å². The van der Waals surface area contributed by atoms with Crippen LogP contribution in [0.4, 0.5) is 4.39 Å². The normalized spacial score (nSPS) is 12.2.